The average Bonchev–Trinajstić information content (AvgIpc) is 2.62. The van der Waals surface area contributed by atoms with Gasteiger partial charge in [-0.25, -0.2) is 0 Å². The van der Waals surface area contributed by atoms with Crippen molar-refractivity contribution in [3.8, 4) is 0 Å². The molecule has 2 atom stereocenters. The summed E-state index contributed by atoms with van der Waals surface area (Å²) in [4.78, 5) is 14.1. The van der Waals surface area contributed by atoms with Crippen LogP contribution in [0.2, 0.25) is 0 Å². The van der Waals surface area contributed by atoms with E-state index in [1.165, 1.54) is 30.4 Å². The lowest BCUT2D eigenvalue weighted by Crippen LogP contribution is -2.47. The highest BCUT2D eigenvalue weighted by atomic mass is 16.1. The van der Waals surface area contributed by atoms with E-state index in [0.29, 0.717) is 17.6 Å². The minimum absolute atomic E-state index is 0.357. The van der Waals surface area contributed by atoms with E-state index in [-0.39, 0.29) is 5.91 Å². The number of carbonyl (C=O) groups is 1. The second kappa shape index (κ2) is 6.85. The third-order valence-corrected chi connectivity index (χ3v) is 5.51. The number of nitrogens with two attached hydrogens (primary N) is 1. The van der Waals surface area contributed by atoms with Gasteiger partial charge in [0, 0.05) is 24.2 Å². The summed E-state index contributed by atoms with van der Waals surface area (Å²) >= 11 is 0. The van der Waals surface area contributed by atoms with Gasteiger partial charge in [-0.05, 0) is 48.1 Å². The van der Waals surface area contributed by atoms with Gasteiger partial charge < -0.3 is 5.73 Å². The van der Waals surface area contributed by atoms with Gasteiger partial charge in [-0.1, -0.05) is 55.0 Å². The molecule has 3 heteroatoms. The number of primary amides is 1. The Kier molecular flexibility index (Phi) is 4.41. The van der Waals surface area contributed by atoms with E-state index in [1.807, 2.05) is 12.1 Å². The van der Waals surface area contributed by atoms with Crippen molar-refractivity contribution in [2.45, 2.75) is 44.3 Å². The predicted octanol–water partition coefficient (Wildman–Crippen LogP) is 4.00. The Hall–Kier alpha value is -2.39. The van der Waals surface area contributed by atoms with E-state index in [0.717, 1.165) is 18.5 Å². The average molecular weight is 332 g/mol. The SMILES string of the molecule is NC(=O)c1cccc(C2=CC3CCCC(C2)N3Cc2ccccc2)c1. The lowest BCUT2D eigenvalue weighted by Gasteiger charge is -2.45. The number of piperidine rings is 1. The monoisotopic (exact) mass is 332 g/mol. The van der Waals surface area contributed by atoms with Crippen LogP contribution in [-0.4, -0.2) is 22.9 Å². The highest BCUT2D eigenvalue weighted by molar-refractivity contribution is 5.93. The highest BCUT2D eigenvalue weighted by Gasteiger charge is 2.34. The molecule has 0 saturated carbocycles. The lowest BCUT2D eigenvalue weighted by atomic mass is 9.82. The molecule has 25 heavy (non-hydrogen) atoms. The van der Waals surface area contributed by atoms with Crippen LogP contribution in [0, 0.1) is 0 Å². The van der Waals surface area contributed by atoms with Crippen molar-refractivity contribution in [2.75, 3.05) is 0 Å². The molecule has 2 heterocycles. The molecular weight excluding hydrogens is 308 g/mol. The molecule has 2 unspecified atom stereocenters. The van der Waals surface area contributed by atoms with E-state index >= 15 is 0 Å². The molecule has 2 N–H and O–H groups in total. The third-order valence-electron chi connectivity index (χ3n) is 5.51. The molecule has 2 aromatic carbocycles. The number of fused-ring (bicyclic) bond motifs is 2. The first kappa shape index (κ1) is 16.1. The molecule has 0 aliphatic carbocycles. The molecule has 1 amide bonds. The molecule has 128 valence electrons. The zero-order chi connectivity index (χ0) is 17.2. The molecule has 4 rings (SSSR count). The second-order valence-corrected chi connectivity index (χ2v) is 7.15. The molecule has 3 nitrogen and oxygen atoms in total. The van der Waals surface area contributed by atoms with Crippen molar-refractivity contribution in [3.63, 3.8) is 0 Å². The Morgan fingerprint density at radius 3 is 2.68 bits per heavy atom. The first-order chi connectivity index (χ1) is 12.2. The zero-order valence-electron chi connectivity index (χ0n) is 14.4. The van der Waals surface area contributed by atoms with Crippen LogP contribution in [0.1, 0.15) is 47.2 Å². The summed E-state index contributed by atoms with van der Waals surface area (Å²) in [6.07, 6.45) is 7.22. The predicted molar refractivity (Wildman–Crippen MR) is 101 cm³/mol. The van der Waals surface area contributed by atoms with Crippen LogP contribution in [0.5, 0.6) is 0 Å². The zero-order valence-corrected chi connectivity index (χ0v) is 14.4. The summed E-state index contributed by atoms with van der Waals surface area (Å²) in [6.45, 7) is 1.02. The maximum absolute atomic E-state index is 11.5. The van der Waals surface area contributed by atoms with Crippen molar-refractivity contribution < 1.29 is 4.79 Å². The minimum atomic E-state index is -0.357. The van der Waals surface area contributed by atoms with Crippen molar-refractivity contribution >= 4 is 11.5 Å². The van der Waals surface area contributed by atoms with Crippen LogP contribution in [0.25, 0.3) is 5.57 Å². The van der Waals surface area contributed by atoms with Gasteiger partial charge in [-0.3, -0.25) is 9.69 Å². The van der Waals surface area contributed by atoms with Gasteiger partial charge in [-0.2, -0.15) is 0 Å². The van der Waals surface area contributed by atoms with Gasteiger partial charge in [-0.15, -0.1) is 0 Å². The highest BCUT2D eigenvalue weighted by Crippen LogP contribution is 2.38. The molecule has 1 saturated heterocycles. The summed E-state index contributed by atoms with van der Waals surface area (Å²) in [6, 6.07) is 19.6. The minimum Gasteiger partial charge on any atom is -0.366 e. The number of carbonyl (C=O) groups excluding carboxylic acids is 1. The first-order valence-corrected chi connectivity index (χ1v) is 9.11. The summed E-state index contributed by atoms with van der Waals surface area (Å²) in [7, 11) is 0. The van der Waals surface area contributed by atoms with Gasteiger partial charge in [0.1, 0.15) is 0 Å². The third kappa shape index (κ3) is 3.38. The molecule has 2 aliphatic heterocycles. The fraction of sp³-hybridized carbons (Fsp3) is 0.318. The van der Waals surface area contributed by atoms with Crippen molar-refractivity contribution in [3.05, 3.63) is 77.4 Å². The van der Waals surface area contributed by atoms with Gasteiger partial charge in [0.25, 0.3) is 0 Å². The van der Waals surface area contributed by atoms with Gasteiger partial charge in [0.2, 0.25) is 5.91 Å². The standard InChI is InChI=1S/C22H24N2O/c23-22(25)18-9-4-8-17(12-18)19-13-20-10-5-11-21(14-19)24(20)15-16-6-2-1-3-7-16/h1-4,6-9,12-13,20-21H,5,10-11,14-15H2,(H2,23,25). The van der Waals surface area contributed by atoms with Crippen LogP contribution in [-0.2, 0) is 6.54 Å². The van der Waals surface area contributed by atoms with Gasteiger partial charge in [0.15, 0.2) is 0 Å². The number of nitrogens with zero attached hydrogens (tertiary/aromatic N) is 1. The number of rotatable bonds is 4. The summed E-state index contributed by atoms with van der Waals surface area (Å²) < 4.78 is 0. The number of amides is 1. The summed E-state index contributed by atoms with van der Waals surface area (Å²) in [5.74, 6) is -0.357. The molecule has 2 bridgehead atoms. The van der Waals surface area contributed by atoms with E-state index in [2.05, 4.69) is 47.4 Å². The molecule has 0 aromatic heterocycles. The normalized spacial score (nSPS) is 23.1. The second-order valence-electron chi connectivity index (χ2n) is 7.15. The van der Waals surface area contributed by atoms with E-state index in [1.54, 1.807) is 6.07 Å². The van der Waals surface area contributed by atoms with Crippen LogP contribution >= 0.6 is 0 Å². The van der Waals surface area contributed by atoms with Crippen LogP contribution in [0.15, 0.2) is 60.7 Å². The molecule has 0 spiro atoms. The lowest BCUT2D eigenvalue weighted by molar-refractivity contribution is 0.0951. The maximum atomic E-state index is 11.5. The van der Waals surface area contributed by atoms with E-state index in [9.17, 15) is 4.79 Å². The van der Waals surface area contributed by atoms with E-state index < -0.39 is 0 Å². The first-order valence-electron chi connectivity index (χ1n) is 9.11. The Morgan fingerprint density at radius 1 is 1.08 bits per heavy atom. The number of hydrogen-bond acceptors (Lipinski definition) is 2. The molecule has 2 aromatic rings. The van der Waals surface area contributed by atoms with Gasteiger partial charge >= 0.3 is 0 Å². The topological polar surface area (TPSA) is 46.3 Å². The van der Waals surface area contributed by atoms with Crippen molar-refractivity contribution in [2.24, 2.45) is 5.73 Å². The van der Waals surface area contributed by atoms with Crippen LogP contribution < -0.4 is 5.73 Å². The Morgan fingerprint density at radius 2 is 1.92 bits per heavy atom. The molecular formula is C22H24N2O. The Labute approximate surface area is 149 Å². The van der Waals surface area contributed by atoms with Crippen molar-refractivity contribution in [1.29, 1.82) is 0 Å². The van der Waals surface area contributed by atoms with Gasteiger partial charge in [0.05, 0.1) is 0 Å². The van der Waals surface area contributed by atoms with Crippen molar-refractivity contribution in [1.82, 2.24) is 4.90 Å². The molecule has 0 radical (unpaired) electrons. The molecule has 1 fully saturated rings. The van der Waals surface area contributed by atoms with Crippen LogP contribution in [0.3, 0.4) is 0 Å². The number of benzene rings is 2. The summed E-state index contributed by atoms with van der Waals surface area (Å²) in [5, 5.41) is 0. The summed E-state index contributed by atoms with van der Waals surface area (Å²) in [5.41, 5.74) is 9.93. The van der Waals surface area contributed by atoms with E-state index in [4.69, 9.17) is 5.73 Å². The smallest absolute Gasteiger partial charge is 0.248 e. The maximum Gasteiger partial charge on any atom is 0.248 e. The Balaban J connectivity index is 1.61. The fourth-order valence-corrected chi connectivity index (χ4v) is 4.24. The Bertz CT molecular complexity index is 797. The number of hydrogen-bond donors (Lipinski definition) is 1. The largest absolute Gasteiger partial charge is 0.366 e. The fourth-order valence-electron chi connectivity index (χ4n) is 4.24. The quantitative estimate of drug-likeness (QED) is 0.920. The molecule has 2 aliphatic rings. The van der Waals surface area contributed by atoms with Crippen LogP contribution in [0.4, 0.5) is 0 Å².